The second kappa shape index (κ2) is 9.05. The smallest absolute Gasteiger partial charge is 0.276 e. The van der Waals surface area contributed by atoms with Crippen LogP contribution < -0.4 is 5.32 Å². The first kappa shape index (κ1) is 20.0. The Morgan fingerprint density at radius 1 is 1.14 bits per heavy atom. The number of likely N-dealkylation sites (tertiary alicyclic amines) is 1. The quantitative estimate of drug-likeness (QED) is 0.840. The van der Waals surface area contributed by atoms with Crippen LogP contribution in [0.2, 0.25) is 0 Å². The molecule has 1 aromatic carbocycles. The Labute approximate surface area is 173 Å². The van der Waals surface area contributed by atoms with E-state index in [-0.39, 0.29) is 11.9 Å². The number of hydrogen-bond donors (Lipinski definition) is 1. The summed E-state index contributed by atoms with van der Waals surface area (Å²) in [6.07, 6.45) is 4.06. The summed E-state index contributed by atoms with van der Waals surface area (Å²) in [7, 11) is 1.92. The van der Waals surface area contributed by atoms with Crippen molar-refractivity contribution in [1.82, 2.24) is 30.1 Å². The van der Waals surface area contributed by atoms with Gasteiger partial charge in [0.2, 0.25) is 0 Å². The summed E-state index contributed by atoms with van der Waals surface area (Å²) in [5.74, 6) is 0.00388. The molecular formula is C22H32N6O. The Kier molecular flexibility index (Phi) is 6.25. The molecule has 29 heavy (non-hydrogen) atoms. The van der Waals surface area contributed by atoms with Crippen LogP contribution in [-0.2, 0) is 6.54 Å². The summed E-state index contributed by atoms with van der Waals surface area (Å²) in [4.78, 5) is 17.5. The molecule has 2 aliphatic rings. The van der Waals surface area contributed by atoms with E-state index in [0.717, 1.165) is 64.1 Å². The van der Waals surface area contributed by atoms with Crippen molar-refractivity contribution in [3.8, 4) is 0 Å². The van der Waals surface area contributed by atoms with Gasteiger partial charge in [-0.2, -0.15) is 0 Å². The number of nitrogens with zero attached hydrogens (tertiary/aromatic N) is 5. The number of benzene rings is 1. The third kappa shape index (κ3) is 4.51. The largest absolute Gasteiger partial charge is 0.337 e. The zero-order valence-corrected chi connectivity index (χ0v) is 17.5. The molecule has 7 heteroatoms. The Morgan fingerprint density at radius 2 is 1.83 bits per heavy atom. The minimum atomic E-state index is 0.00388. The first-order chi connectivity index (χ1) is 14.1. The van der Waals surface area contributed by atoms with E-state index >= 15 is 0 Å². The van der Waals surface area contributed by atoms with Gasteiger partial charge in [0, 0.05) is 32.7 Å². The van der Waals surface area contributed by atoms with Crippen molar-refractivity contribution >= 4 is 5.91 Å². The average Bonchev–Trinajstić information content (AvgIpc) is 3.16. The fourth-order valence-corrected chi connectivity index (χ4v) is 4.58. The topological polar surface area (TPSA) is 66.3 Å². The van der Waals surface area contributed by atoms with Gasteiger partial charge in [-0.1, -0.05) is 35.5 Å². The van der Waals surface area contributed by atoms with Crippen molar-refractivity contribution < 1.29 is 4.79 Å². The van der Waals surface area contributed by atoms with E-state index < -0.39 is 0 Å². The molecule has 0 bridgehead atoms. The van der Waals surface area contributed by atoms with Gasteiger partial charge < -0.3 is 10.2 Å². The molecule has 0 radical (unpaired) electrons. The highest BCUT2D eigenvalue weighted by Crippen LogP contribution is 2.23. The van der Waals surface area contributed by atoms with Crippen molar-refractivity contribution in [2.24, 2.45) is 0 Å². The number of carbonyl (C=O) groups excluding carboxylic acids is 1. The van der Waals surface area contributed by atoms with Crippen LogP contribution in [-0.4, -0.2) is 70.0 Å². The molecule has 0 atom stereocenters. The van der Waals surface area contributed by atoms with Crippen LogP contribution in [0, 0.1) is 6.92 Å². The summed E-state index contributed by atoms with van der Waals surface area (Å²) < 4.78 is 1.96. The number of nitrogens with one attached hydrogen (secondary N) is 1. The lowest BCUT2D eigenvalue weighted by Crippen LogP contribution is -2.45. The minimum Gasteiger partial charge on any atom is -0.337 e. The number of aromatic nitrogens is 3. The maximum Gasteiger partial charge on any atom is 0.276 e. The second-order valence-electron chi connectivity index (χ2n) is 8.36. The van der Waals surface area contributed by atoms with Gasteiger partial charge in [0.1, 0.15) is 0 Å². The SMILES string of the molecule is Cc1c(C(=O)N(C)C2CCN(Cc3ccccc3)CC2)nnn1C1CCNCC1. The monoisotopic (exact) mass is 396 g/mol. The standard InChI is InChI=1S/C22H32N6O/c1-17-21(24-25-28(17)20-8-12-23-13-9-20)22(29)26(2)19-10-14-27(15-11-19)16-18-6-4-3-5-7-18/h3-7,19-20,23H,8-16H2,1-2H3. The maximum absolute atomic E-state index is 13.1. The predicted octanol–water partition coefficient (Wildman–Crippen LogP) is 2.25. The van der Waals surface area contributed by atoms with Crippen LogP contribution in [0.25, 0.3) is 0 Å². The summed E-state index contributed by atoms with van der Waals surface area (Å²) in [6, 6.07) is 11.2. The normalized spacial score (nSPS) is 19.4. The maximum atomic E-state index is 13.1. The molecule has 3 heterocycles. The van der Waals surface area contributed by atoms with E-state index in [0.29, 0.717) is 11.7 Å². The molecule has 0 aliphatic carbocycles. The van der Waals surface area contributed by atoms with Gasteiger partial charge in [0.15, 0.2) is 5.69 Å². The fourth-order valence-electron chi connectivity index (χ4n) is 4.58. The van der Waals surface area contributed by atoms with Crippen LogP contribution in [0.1, 0.15) is 53.5 Å². The van der Waals surface area contributed by atoms with E-state index in [1.165, 1.54) is 5.56 Å². The molecule has 2 aliphatic heterocycles. The lowest BCUT2D eigenvalue weighted by molar-refractivity contribution is 0.0630. The molecule has 2 fully saturated rings. The zero-order valence-electron chi connectivity index (χ0n) is 17.5. The van der Waals surface area contributed by atoms with E-state index in [1.807, 2.05) is 23.6 Å². The van der Waals surface area contributed by atoms with Crippen LogP contribution >= 0.6 is 0 Å². The highest BCUT2D eigenvalue weighted by atomic mass is 16.2. The molecule has 156 valence electrons. The lowest BCUT2D eigenvalue weighted by atomic mass is 10.0. The van der Waals surface area contributed by atoms with Crippen LogP contribution in [0.4, 0.5) is 0 Å². The first-order valence-corrected chi connectivity index (χ1v) is 10.8. The van der Waals surface area contributed by atoms with Gasteiger partial charge in [0.25, 0.3) is 5.91 Å². The van der Waals surface area contributed by atoms with Crippen LogP contribution in [0.5, 0.6) is 0 Å². The molecule has 2 aromatic rings. The Balaban J connectivity index is 1.34. The van der Waals surface area contributed by atoms with Gasteiger partial charge in [-0.3, -0.25) is 9.69 Å². The third-order valence-electron chi connectivity index (χ3n) is 6.46. The Morgan fingerprint density at radius 3 is 2.52 bits per heavy atom. The van der Waals surface area contributed by atoms with Crippen LogP contribution in [0.3, 0.4) is 0 Å². The minimum absolute atomic E-state index is 0.00388. The molecule has 0 spiro atoms. The van der Waals surface area contributed by atoms with Gasteiger partial charge in [-0.05, 0) is 51.3 Å². The molecular weight excluding hydrogens is 364 g/mol. The number of rotatable bonds is 5. The van der Waals surface area contributed by atoms with E-state index in [4.69, 9.17) is 0 Å². The summed E-state index contributed by atoms with van der Waals surface area (Å²) in [6.45, 7) is 6.97. The molecule has 0 saturated carbocycles. The van der Waals surface area contributed by atoms with Gasteiger partial charge in [-0.25, -0.2) is 4.68 Å². The third-order valence-corrected chi connectivity index (χ3v) is 6.46. The number of hydrogen-bond acceptors (Lipinski definition) is 5. The molecule has 7 nitrogen and oxygen atoms in total. The molecule has 1 amide bonds. The fraction of sp³-hybridized carbons (Fsp3) is 0.591. The van der Waals surface area contributed by atoms with Crippen molar-refractivity contribution in [2.45, 2.75) is 51.2 Å². The molecule has 2 saturated heterocycles. The predicted molar refractivity (Wildman–Crippen MR) is 113 cm³/mol. The molecule has 4 rings (SSSR count). The number of piperidine rings is 2. The van der Waals surface area contributed by atoms with Crippen molar-refractivity contribution in [2.75, 3.05) is 33.2 Å². The van der Waals surface area contributed by atoms with Gasteiger partial charge >= 0.3 is 0 Å². The zero-order chi connectivity index (χ0) is 20.2. The molecule has 0 unspecified atom stereocenters. The number of carbonyl (C=O) groups is 1. The van der Waals surface area contributed by atoms with E-state index in [2.05, 4.69) is 50.9 Å². The summed E-state index contributed by atoms with van der Waals surface area (Å²) in [5, 5.41) is 12.0. The highest BCUT2D eigenvalue weighted by Gasteiger charge is 2.30. The average molecular weight is 397 g/mol. The van der Waals surface area contributed by atoms with Gasteiger partial charge in [-0.15, -0.1) is 5.10 Å². The first-order valence-electron chi connectivity index (χ1n) is 10.8. The Hall–Kier alpha value is -2.25. The van der Waals surface area contributed by atoms with Crippen molar-refractivity contribution in [3.05, 3.63) is 47.3 Å². The molecule has 1 aromatic heterocycles. The molecule has 1 N–H and O–H groups in total. The summed E-state index contributed by atoms with van der Waals surface area (Å²) >= 11 is 0. The van der Waals surface area contributed by atoms with Crippen molar-refractivity contribution in [3.63, 3.8) is 0 Å². The summed E-state index contributed by atoms with van der Waals surface area (Å²) in [5.41, 5.74) is 2.76. The highest BCUT2D eigenvalue weighted by molar-refractivity contribution is 5.93. The lowest BCUT2D eigenvalue weighted by Gasteiger charge is -2.36. The van der Waals surface area contributed by atoms with Gasteiger partial charge in [0.05, 0.1) is 11.7 Å². The Bertz CT molecular complexity index is 806. The van der Waals surface area contributed by atoms with Crippen molar-refractivity contribution in [1.29, 1.82) is 0 Å². The van der Waals surface area contributed by atoms with Crippen LogP contribution in [0.15, 0.2) is 30.3 Å². The van der Waals surface area contributed by atoms with E-state index in [9.17, 15) is 4.79 Å². The second-order valence-corrected chi connectivity index (χ2v) is 8.36. The van der Waals surface area contributed by atoms with E-state index in [1.54, 1.807) is 0 Å². The number of amides is 1.